The molecule has 24 heavy (non-hydrogen) atoms. The topological polar surface area (TPSA) is 62.8 Å². The van der Waals surface area contributed by atoms with Gasteiger partial charge in [-0.2, -0.15) is 0 Å². The first-order valence-corrected chi connectivity index (χ1v) is 8.84. The molecule has 0 bridgehead atoms. The molecule has 2 N–H and O–H groups in total. The number of nitrogens with one attached hydrogen (secondary N) is 2. The molecule has 4 rings (SSSR count). The van der Waals surface area contributed by atoms with Crippen LogP contribution in [0.25, 0.3) is 0 Å². The smallest absolute Gasteiger partial charge is 0.231 e. The van der Waals surface area contributed by atoms with Gasteiger partial charge in [0.05, 0.1) is 6.42 Å². The van der Waals surface area contributed by atoms with Crippen molar-refractivity contribution in [3.8, 4) is 11.5 Å². The second-order valence-corrected chi connectivity index (χ2v) is 7.09. The van der Waals surface area contributed by atoms with Crippen LogP contribution in [0.15, 0.2) is 18.2 Å². The molecule has 3 aliphatic rings. The van der Waals surface area contributed by atoms with Crippen molar-refractivity contribution in [2.24, 2.45) is 5.92 Å². The van der Waals surface area contributed by atoms with E-state index < -0.39 is 0 Å². The van der Waals surface area contributed by atoms with E-state index in [-0.39, 0.29) is 12.7 Å². The predicted octanol–water partition coefficient (Wildman–Crippen LogP) is 1.45. The molecule has 1 saturated carbocycles. The second kappa shape index (κ2) is 6.61. The average Bonchev–Trinajstić information content (AvgIpc) is 3.21. The van der Waals surface area contributed by atoms with Crippen LogP contribution in [-0.2, 0) is 11.2 Å². The van der Waals surface area contributed by atoms with Gasteiger partial charge in [-0.3, -0.25) is 15.6 Å². The number of amides is 1. The fourth-order valence-electron chi connectivity index (χ4n) is 4.08. The van der Waals surface area contributed by atoms with Crippen molar-refractivity contribution in [2.45, 2.75) is 44.2 Å². The third kappa shape index (κ3) is 3.08. The van der Waals surface area contributed by atoms with Gasteiger partial charge >= 0.3 is 0 Å². The van der Waals surface area contributed by atoms with E-state index in [2.05, 4.69) is 10.9 Å². The number of ether oxygens (including phenoxy) is 2. The van der Waals surface area contributed by atoms with E-state index in [1.54, 1.807) is 0 Å². The third-order valence-electron chi connectivity index (χ3n) is 5.48. The largest absolute Gasteiger partial charge is 0.454 e. The summed E-state index contributed by atoms with van der Waals surface area (Å²) in [7, 11) is 1.90. The number of benzene rings is 1. The van der Waals surface area contributed by atoms with Crippen LogP contribution in [0, 0.1) is 5.92 Å². The standard InChI is InChI=1S/C18H25N3O3/c1-21(10-15-13-4-2-3-5-14(13)19-20-15)18(22)9-12-6-7-16-17(8-12)24-11-23-16/h6-8,13-15,19-20H,2-5,9-11H2,1H3. The van der Waals surface area contributed by atoms with E-state index in [9.17, 15) is 4.79 Å². The van der Waals surface area contributed by atoms with Crippen molar-refractivity contribution < 1.29 is 14.3 Å². The third-order valence-corrected chi connectivity index (χ3v) is 5.48. The number of hydrazine groups is 1. The number of hydrogen-bond donors (Lipinski definition) is 2. The summed E-state index contributed by atoms with van der Waals surface area (Å²) in [4.78, 5) is 14.4. The Hall–Kier alpha value is -1.79. The Morgan fingerprint density at radius 2 is 2.04 bits per heavy atom. The molecule has 130 valence electrons. The number of carbonyl (C=O) groups is 1. The SMILES string of the molecule is CN(CC1NNC2CCCCC21)C(=O)Cc1ccc2c(c1)OCO2. The number of likely N-dealkylation sites (N-methyl/N-ethyl adjacent to an activating group) is 1. The highest BCUT2D eigenvalue weighted by Gasteiger charge is 2.37. The minimum Gasteiger partial charge on any atom is -0.454 e. The van der Waals surface area contributed by atoms with Crippen LogP contribution < -0.4 is 20.3 Å². The van der Waals surface area contributed by atoms with Crippen molar-refractivity contribution >= 4 is 5.91 Å². The highest BCUT2D eigenvalue weighted by atomic mass is 16.7. The number of hydrogen-bond acceptors (Lipinski definition) is 5. The Labute approximate surface area is 142 Å². The number of carbonyl (C=O) groups excluding carboxylic acids is 1. The average molecular weight is 331 g/mol. The molecular weight excluding hydrogens is 306 g/mol. The number of fused-ring (bicyclic) bond motifs is 2. The molecule has 1 aromatic carbocycles. The summed E-state index contributed by atoms with van der Waals surface area (Å²) in [5.74, 6) is 2.26. The van der Waals surface area contributed by atoms with Gasteiger partial charge in [0.2, 0.25) is 12.7 Å². The summed E-state index contributed by atoms with van der Waals surface area (Å²) in [5.41, 5.74) is 7.78. The van der Waals surface area contributed by atoms with E-state index in [1.807, 2.05) is 30.1 Å². The molecule has 1 aromatic rings. The van der Waals surface area contributed by atoms with Gasteiger partial charge in [0.15, 0.2) is 11.5 Å². The maximum atomic E-state index is 12.6. The van der Waals surface area contributed by atoms with Crippen LogP contribution >= 0.6 is 0 Å². The lowest BCUT2D eigenvalue weighted by molar-refractivity contribution is -0.129. The lowest BCUT2D eigenvalue weighted by Gasteiger charge is -2.29. The van der Waals surface area contributed by atoms with Crippen molar-refractivity contribution in [3.05, 3.63) is 23.8 Å². The zero-order valence-corrected chi connectivity index (χ0v) is 14.1. The summed E-state index contributed by atoms with van der Waals surface area (Å²) in [6.45, 7) is 1.01. The Kier molecular flexibility index (Phi) is 4.33. The van der Waals surface area contributed by atoms with Crippen molar-refractivity contribution in [1.82, 2.24) is 15.8 Å². The van der Waals surface area contributed by atoms with Gasteiger partial charge in [0.25, 0.3) is 0 Å². The molecule has 6 nitrogen and oxygen atoms in total. The fraction of sp³-hybridized carbons (Fsp3) is 0.611. The van der Waals surface area contributed by atoms with Crippen molar-refractivity contribution in [2.75, 3.05) is 20.4 Å². The Morgan fingerprint density at radius 1 is 1.21 bits per heavy atom. The van der Waals surface area contributed by atoms with Gasteiger partial charge in [-0.1, -0.05) is 18.9 Å². The lowest BCUT2D eigenvalue weighted by atomic mass is 9.81. The van der Waals surface area contributed by atoms with E-state index in [0.29, 0.717) is 24.4 Å². The number of rotatable bonds is 4. The minimum atomic E-state index is 0.134. The lowest BCUT2D eigenvalue weighted by Crippen LogP contribution is -2.43. The van der Waals surface area contributed by atoms with Gasteiger partial charge in [0, 0.05) is 25.7 Å². The fourth-order valence-corrected chi connectivity index (χ4v) is 4.08. The highest BCUT2D eigenvalue weighted by Crippen LogP contribution is 2.33. The molecule has 2 heterocycles. The van der Waals surface area contributed by atoms with Crippen LogP contribution in [0.1, 0.15) is 31.2 Å². The van der Waals surface area contributed by atoms with E-state index in [0.717, 1.165) is 23.6 Å². The van der Waals surface area contributed by atoms with Crippen molar-refractivity contribution in [3.63, 3.8) is 0 Å². The normalized spacial score (nSPS) is 27.8. The Balaban J connectivity index is 1.34. The number of nitrogens with zero attached hydrogens (tertiary/aromatic N) is 1. The molecule has 0 radical (unpaired) electrons. The first-order valence-electron chi connectivity index (χ1n) is 8.84. The summed E-state index contributed by atoms with van der Waals surface area (Å²) >= 11 is 0. The predicted molar refractivity (Wildman–Crippen MR) is 89.7 cm³/mol. The van der Waals surface area contributed by atoms with Crippen LogP contribution in [0.3, 0.4) is 0 Å². The van der Waals surface area contributed by atoms with Crippen molar-refractivity contribution in [1.29, 1.82) is 0 Å². The minimum absolute atomic E-state index is 0.134. The molecular formula is C18H25N3O3. The molecule has 6 heteroatoms. The van der Waals surface area contributed by atoms with Gasteiger partial charge in [-0.25, -0.2) is 0 Å². The summed E-state index contributed by atoms with van der Waals surface area (Å²) in [6, 6.07) is 6.63. The molecule has 2 fully saturated rings. The molecule has 1 amide bonds. The zero-order chi connectivity index (χ0) is 16.5. The Morgan fingerprint density at radius 3 is 2.96 bits per heavy atom. The van der Waals surface area contributed by atoms with E-state index in [4.69, 9.17) is 9.47 Å². The Bertz CT molecular complexity index is 622. The van der Waals surface area contributed by atoms with Crippen LogP contribution in [-0.4, -0.2) is 43.3 Å². The van der Waals surface area contributed by atoms with Crippen LogP contribution in [0.4, 0.5) is 0 Å². The molecule has 1 aliphatic carbocycles. The van der Waals surface area contributed by atoms with Crippen LogP contribution in [0.5, 0.6) is 11.5 Å². The molecule has 1 saturated heterocycles. The molecule has 0 aromatic heterocycles. The zero-order valence-electron chi connectivity index (χ0n) is 14.1. The summed E-state index contributed by atoms with van der Waals surface area (Å²) in [6.07, 6.45) is 5.49. The quantitative estimate of drug-likeness (QED) is 0.874. The first kappa shape index (κ1) is 15.7. The van der Waals surface area contributed by atoms with Gasteiger partial charge < -0.3 is 14.4 Å². The van der Waals surface area contributed by atoms with Gasteiger partial charge in [0.1, 0.15) is 0 Å². The second-order valence-electron chi connectivity index (χ2n) is 7.09. The maximum absolute atomic E-state index is 12.6. The van der Waals surface area contributed by atoms with E-state index in [1.165, 1.54) is 25.7 Å². The van der Waals surface area contributed by atoms with Gasteiger partial charge in [-0.05, 0) is 36.5 Å². The molecule has 3 unspecified atom stereocenters. The maximum Gasteiger partial charge on any atom is 0.231 e. The monoisotopic (exact) mass is 331 g/mol. The van der Waals surface area contributed by atoms with Gasteiger partial charge in [-0.15, -0.1) is 0 Å². The first-order chi connectivity index (χ1) is 11.7. The molecule has 0 spiro atoms. The van der Waals surface area contributed by atoms with E-state index >= 15 is 0 Å². The highest BCUT2D eigenvalue weighted by molar-refractivity contribution is 5.78. The summed E-state index contributed by atoms with van der Waals surface area (Å²) < 4.78 is 10.7. The molecule has 2 aliphatic heterocycles. The van der Waals surface area contributed by atoms with Crippen LogP contribution in [0.2, 0.25) is 0 Å². The molecule has 3 atom stereocenters. The summed E-state index contributed by atoms with van der Waals surface area (Å²) in [5, 5.41) is 0.